The molecule has 234 valence electrons. The van der Waals surface area contributed by atoms with Crippen molar-refractivity contribution in [1.29, 1.82) is 0 Å². The number of carbonyl (C=O) groups is 2. The van der Waals surface area contributed by atoms with E-state index in [0.29, 0.717) is 47.6 Å². The molecule has 0 saturated carbocycles. The van der Waals surface area contributed by atoms with Crippen LogP contribution in [0.3, 0.4) is 0 Å². The van der Waals surface area contributed by atoms with Crippen LogP contribution >= 0.6 is 0 Å². The van der Waals surface area contributed by atoms with E-state index < -0.39 is 0 Å². The zero-order valence-electron chi connectivity index (χ0n) is 25.6. The van der Waals surface area contributed by atoms with Gasteiger partial charge in [-0.05, 0) is 73.9 Å². The summed E-state index contributed by atoms with van der Waals surface area (Å²) in [6.45, 7) is 1.23. The molecule has 0 radical (unpaired) electrons. The molecular weight excluding hydrogens is 580 g/mol. The molecule has 2 amide bonds. The minimum Gasteiger partial charge on any atom is -0.337 e. The van der Waals surface area contributed by atoms with Gasteiger partial charge in [-0.2, -0.15) is 9.97 Å². The van der Waals surface area contributed by atoms with Crippen molar-refractivity contribution in [2.45, 2.75) is 63.5 Å². The van der Waals surface area contributed by atoms with Crippen molar-refractivity contribution in [2.24, 2.45) is 0 Å². The lowest BCUT2D eigenvalue weighted by atomic mass is 9.99. The molecule has 0 aliphatic carbocycles. The number of benzene rings is 3. The van der Waals surface area contributed by atoms with Gasteiger partial charge < -0.3 is 18.8 Å². The van der Waals surface area contributed by atoms with Gasteiger partial charge in [0.2, 0.25) is 11.8 Å². The van der Waals surface area contributed by atoms with Gasteiger partial charge in [0.05, 0.1) is 0 Å². The van der Waals surface area contributed by atoms with Crippen molar-refractivity contribution in [3.8, 4) is 0 Å². The first-order chi connectivity index (χ1) is 22.6. The van der Waals surface area contributed by atoms with Gasteiger partial charge >= 0.3 is 0 Å². The van der Waals surface area contributed by atoms with Crippen molar-refractivity contribution >= 4 is 11.8 Å². The summed E-state index contributed by atoms with van der Waals surface area (Å²) in [6, 6.07) is 27.0. The largest absolute Gasteiger partial charge is 0.337 e. The summed E-state index contributed by atoms with van der Waals surface area (Å²) in [5.74, 6) is 2.04. The van der Waals surface area contributed by atoms with Crippen molar-refractivity contribution in [2.75, 3.05) is 13.1 Å². The standard InChI is InChI=1S/C36H36N6O4/c43-35(41-23-21-29(41)33-37-31(39-45-33)15-7-13-25-9-3-1-4-10-25)27-17-19-28(20-18-27)36(44)42-24-22-30(42)34-38-32(40-46-34)16-8-14-26-11-5-2-6-12-26/h1-6,9-12,17-20,29-30H,7-8,13-16,21-24H2/t29-,30-/m0/s1. The normalized spacial score (nSPS) is 17.4. The van der Waals surface area contributed by atoms with Gasteiger partial charge in [0, 0.05) is 37.1 Å². The molecule has 2 saturated heterocycles. The van der Waals surface area contributed by atoms with E-state index in [-0.39, 0.29) is 23.9 Å². The number of rotatable bonds is 12. The molecule has 0 unspecified atom stereocenters. The van der Waals surface area contributed by atoms with Crippen LogP contribution in [0, 0.1) is 0 Å². The van der Waals surface area contributed by atoms with Crippen molar-refractivity contribution < 1.29 is 18.6 Å². The SMILES string of the molecule is O=C(c1ccc(C(=O)N2CC[C@H]2c2nc(CCCc3ccccc3)no2)cc1)N1CC[C@H]1c1nc(CCCc2ccccc2)no1. The van der Waals surface area contributed by atoms with Crippen LogP contribution in [-0.2, 0) is 25.7 Å². The fourth-order valence-corrected chi connectivity index (χ4v) is 6.06. The predicted molar refractivity (Wildman–Crippen MR) is 169 cm³/mol. The van der Waals surface area contributed by atoms with Gasteiger partial charge in [0.15, 0.2) is 11.6 Å². The van der Waals surface area contributed by atoms with Crippen LogP contribution in [0.1, 0.15) is 93.0 Å². The van der Waals surface area contributed by atoms with Gasteiger partial charge in [-0.1, -0.05) is 71.0 Å². The fourth-order valence-electron chi connectivity index (χ4n) is 6.06. The Morgan fingerprint density at radius 2 is 1.00 bits per heavy atom. The Bertz CT molecular complexity index is 1640. The van der Waals surface area contributed by atoms with E-state index in [1.165, 1.54) is 11.1 Å². The third-order valence-electron chi connectivity index (χ3n) is 8.89. The topological polar surface area (TPSA) is 118 Å². The molecule has 0 N–H and O–H groups in total. The third-order valence-corrected chi connectivity index (χ3v) is 8.89. The molecule has 4 heterocycles. The number of hydrogen-bond donors (Lipinski definition) is 0. The van der Waals surface area contributed by atoms with Crippen LogP contribution in [0.15, 0.2) is 94.0 Å². The summed E-state index contributed by atoms with van der Waals surface area (Å²) >= 11 is 0. The smallest absolute Gasteiger partial charge is 0.254 e. The summed E-state index contributed by atoms with van der Waals surface area (Å²) in [7, 11) is 0. The monoisotopic (exact) mass is 616 g/mol. The summed E-state index contributed by atoms with van der Waals surface area (Å²) in [5.41, 5.74) is 3.60. The Morgan fingerprint density at radius 1 is 0.587 bits per heavy atom. The number of aryl methyl sites for hydroxylation is 4. The number of likely N-dealkylation sites (tertiary alicyclic amines) is 2. The van der Waals surface area contributed by atoms with E-state index >= 15 is 0 Å². The van der Waals surface area contributed by atoms with Crippen molar-refractivity contribution in [1.82, 2.24) is 30.1 Å². The van der Waals surface area contributed by atoms with Gasteiger partial charge in [-0.25, -0.2) is 0 Å². The molecule has 0 spiro atoms. The molecule has 5 aromatic rings. The van der Waals surface area contributed by atoms with E-state index in [0.717, 1.165) is 51.4 Å². The maximum absolute atomic E-state index is 13.3. The van der Waals surface area contributed by atoms with E-state index in [1.807, 2.05) is 36.4 Å². The second-order valence-electron chi connectivity index (χ2n) is 12.0. The third kappa shape index (κ3) is 6.47. The van der Waals surface area contributed by atoms with Crippen LogP contribution in [0.2, 0.25) is 0 Å². The Morgan fingerprint density at radius 3 is 1.37 bits per heavy atom. The van der Waals surface area contributed by atoms with Gasteiger partial charge in [0.1, 0.15) is 12.1 Å². The number of amides is 2. The lowest BCUT2D eigenvalue weighted by Crippen LogP contribution is -2.45. The van der Waals surface area contributed by atoms with Crippen LogP contribution in [0.4, 0.5) is 0 Å². The summed E-state index contributed by atoms with van der Waals surface area (Å²) < 4.78 is 11.1. The lowest BCUT2D eigenvalue weighted by molar-refractivity contribution is 0.0369. The molecular formula is C36H36N6O4. The molecule has 2 aliphatic heterocycles. The molecule has 10 heteroatoms. The summed E-state index contributed by atoms with van der Waals surface area (Å²) in [4.78, 5) is 39.3. The second kappa shape index (κ2) is 13.5. The number of aromatic nitrogens is 4. The second-order valence-corrected chi connectivity index (χ2v) is 12.0. The zero-order chi connectivity index (χ0) is 31.3. The van der Waals surface area contributed by atoms with E-state index in [1.54, 1.807) is 34.1 Å². The van der Waals surface area contributed by atoms with Gasteiger partial charge in [-0.3, -0.25) is 9.59 Å². The maximum Gasteiger partial charge on any atom is 0.254 e. The van der Waals surface area contributed by atoms with E-state index in [4.69, 9.17) is 9.05 Å². The number of carbonyl (C=O) groups excluding carboxylic acids is 2. The molecule has 46 heavy (non-hydrogen) atoms. The molecule has 2 aromatic heterocycles. The molecule has 3 aromatic carbocycles. The van der Waals surface area contributed by atoms with Crippen LogP contribution in [0.25, 0.3) is 0 Å². The number of nitrogens with zero attached hydrogens (tertiary/aromatic N) is 6. The summed E-state index contributed by atoms with van der Waals surface area (Å²) in [5, 5.41) is 8.30. The van der Waals surface area contributed by atoms with Crippen LogP contribution in [0.5, 0.6) is 0 Å². The minimum atomic E-state index is -0.233. The van der Waals surface area contributed by atoms with E-state index in [2.05, 4.69) is 44.5 Å². The highest BCUT2D eigenvalue weighted by Gasteiger charge is 2.39. The van der Waals surface area contributed by atoms with Crippen LogP contribution in [-0.4, -0.2) is 55.0 Å². The van der Waals surface area contributed by atoms with Crippen molar-refractivity contribution in [3.05, 3.63) is 131 Å². The number of hydrogen-bond acceptors (Lipinski definition) is 8. The average Bonchev–Trinajstić information content (AvgIpc) is 3.71. The molecule has 2 aliphatic rings. The van der Waals surface area contributed by atoms with Gasteiger partial charge in [0.25, 0.3) is 11.8 Å². The van der Waals surface area contributed by atoms with E-state index in [9.17, 15) is 9.59 Å². The van der Waals surface area contributed by atoms with Crippen molar-refractivity contribution in [3.63, 3.8) is 0 Å². The first kappa shape index (κ1) is 29.6. The zero-order valence-corrected chi connectivity index (χ0v) is 25.6. The first-order valence-corrected chi connectivity index (χ1v) is 16.1. The predicted octanol–water partition coefficient (Wildman–Crippen LogP) is 5.98. The minimum absolute atomic E-state index is 0.119. The quantitative estimate of drug-likeness (QED) is 0.168. The lowest BCUT2D eigenvalue weighted by Gasteiger charge is -2.39. The van der Waals surface area contributed by atoms with Crippen LogP contribution < -0.4 is 0 Å². The molecule has 0 bridgehead atoms. The molecule has 2 fully saturated rings. The average molecular weight is 617 g/mol. The van der Waals surface area contributed by atoms with Gasteiger partial charge in [-0.15, -0.1) is 0 Å². The Balaban J connectivity index is 0.908. The Kier molecular flexibility index (Phi) is 8.67. The highest BCUT2D eigenvalue weighted by molar-refractivity contribution is 5.98. The molecule has 10 nitrogen and oxygen atoms in total. The fraction of sp³-hybridized carbons (Fsp3) is 0.333. The summed E-state index contributed by atoms with van der Waals surface area (Å²) in [6.07, 6.45) is 6.72. The maximum atomic E-state index is 13.3. The molecule has 7 rings (SSSR count). The molecule has 2 atom stereocenters. The Hall–Kier alpha value is -5.12. The first-order valence-electron chi connectivity index (χ1n) is 16.1. The highest BCUT2D eigenvalue weighted by Crippen LogP contribution is 2.35. The Labute approximate surface area is 267 Å². The highest BCUT2D eigenvalue weighted by atomic mass is 16.5.